The van der Waals surface area contributed by atoms with E-state index < -0.39 is 11.0 Å². The first-order chi connectivity index (χ1) is 5.53. The summed E-state index contributed by atoms with van der Waals surface area (Å²) in [7, 11) is 0. The van der Waals surface area contributed by atoms with Gasteiger partial charge < -0.3 is 9.84 Å². The summed E-state index contributed by atoms with van der Waals surface area (Å²) in [5, 5.41) is 9.83. The quantitative estimate of drug-likeness (QED) is 0.459. The van der Waals surface area contributed by atoms with E-state index >= 15 is 0 Å². The highest BCUT2D eigenvalue weighted by Gasteiger charge is 2.51. The Hall–Kier alpha value is -0.0500. The summed E-state index contributed by atoms with van der Waals surface area (Å²) in [6.07, 6.45) is 3.38. The summed E-state index contributed by atoms with van der Waals surface area (Å²) in [4.78, 5) is -0.664. The maximum atomic E-state index is 9.83. The Kier molecular flexibility index (Phi) is 1.76. The van der Waals surface area contributed by atoms with E-state index in [9.17, 15) is 5.11 Å². The van der Waals surface area contributed by atoms with Crippen LogP contribution in [0.2, 0.25) is 0 Å². The monoisotopic (exact) mass is 188 g/mol. The number of hydrogen-bond donors (Lipinski definition) is 1. The molecule has 2 bridgehead atoms. The highest BCUT2D eigenvalue weighted by molar-refractivity contribution is 6.24. The second-order valence-electron chi connectivity index (χ2n) is 3.86. The normalized spacial score (nSPS) is 57.7. The molecule has 0 spiro atoms. The predicted octanol–water partition coefficient (Wildman–Crippen LogP) is 1.32. The molecule has 0 radical (unpaired) electrons. The van der Waals surface area contributed by atoms with Crippen LogP contribution in [-0.2, 0) is 4.74 Å². The van der Waals surface area contributed by atoms with Gasteiger partial charge in [0.2, 0.25) is 0 Å². The zero-order valence-electron chi connectivity index (χ0n) is 7.20. The van der Waals surface area contributed by atoms with Gasteiger partial charge in [-0.1, -0.05) is 19.1 Å². The maximum Gasteiger partial charge on any atom is 0.0979 e. The molecule has 2 rings (SSSR count). The van der Waals surface area contributed by atoms with Crippen LogP contribution in [0.5, 0.6) is 0 Å². The van der Waals surface area contributed by atoms with E-state index in [4.69, 9.17) is 16.3 Å². The van der Waals surface area contributed by atoms with Crippen LogP contribution in [0.3, 0.4) is 0 Å². The fourth-order valence-corrected chi connectivity index (χ4v) is 2.28. The van der Waals surface area contributed by atoms with E-state index in [1.54, 1.807) is 0 Å². The molecule has 68 valence electrons. The molecule has 3 heteroatoms. The van der Waals surface area contributed by atoms with E-state index in [-0.39, 0.29) is 18.1 Å². The van der Waals surface area contributed by atoms with Crippen molar-refractivity contribution in [1.82, 2.24) is 0 Å². The zero-order chi connectivity index (χ0) is 8.93. The van der Waals surface area contributed by atoms with Gasteiger partial charge in [0.25, 0.3) is 0 Å². The molecule has 5 atom stereocenters. The lowest BCUT2D eigenvalue weighted by Crippen LogP contribution is -2.54. The standard InChI is InChI=1S/C9H13ClO2/c1-5-6-3-4-7(12-6)9(2,10)8(5)11/h3-8,11H,1-2H3/t5-,6-,7+,8+,9-/m0/s1. The van der Waals surface area contributed by atoms with Crippen LogP contribution in [0.15, 0.2) is 12.2 Å². The molecular weight excluding hydrogens is 176 g/mol. The van der Waals surface area contributed by atoms with Crippen molar-refractivity contribution in [2.24, 2.45) is 5.92 Å². The largest absolute Gasteiger partial charge is 0.391 e. The average molecular weight is 189 g/mol. The van der Waals surface area contributed by atoms with Gasteiger partial charge in [-0.25, -0.2) is 0 Å². The van der Waals surface area contributed by atoms with Gasteiger partial charge in [-0.05, 0) is 6.92 Å². The molecule has 0 aromatic rings. The van der Waals surface area contributed by atoms with E-state index in [1.807, 2.05) is 26.0 Å². The van der Waals surface area contributed by atoms with Crippen LogP contribution in [0.4, 0.5) is 0 Å². The topological polar surface area (TPSA) is 29.5 Å². The van der Waals surface area contributed by atoms with Crippen molar-refractivity contribution in [3.63, 3.8) is 0 Å². The van der Waals surface area contributed by atoms with Gasteiger partial charge in [-0.3, -0.25) is 0 Å². The molecule has 1 fully saturated rings. The van der Waals surface area contributed by atoms with Crippen LogP contribution in [0.1, 0.15) is 13.8 Å². The van der Waals surface area contributed by atoms with E-state index in [0.29, 0.717) is 0 Å². The Balaban J connectivity index is 2.32. The molecule has 0 aromatic heterocycles. The number of hydrogen-bond acceptors (Lipinski definition) is 2. The Bertz CT molecular complexity index is 225. The number of halogens is 1. The molecule has 12 heavy (non-hydrogen) atoms. The van der Waals surface area contributed by atoms with Crippen LogP contribution >= 0.6 is 11.6 Å². The predicted molar refractivity (Wildman–Crippen MR) is 47.2 cm³/mol. The lowest BCUT2D eigenvalue weighted by Gasteiger charge is -2.42. The van der Waals surface area contributed by atoms with Gasteiger partial charge in [-0.15, -0.1) is 11.6 Å². The molecular formula is C9H13ClO2. The minimum atomic E-state index is -0.664. The number of ether oxygens (including phenoxy) is 1. The fraction of sp³-hybridized carbons (Fsp3) is 0.778. The molecule has 0 amide bonds. The Morgan fingerprint density at radius 1 is 1.50 bits per heavy atom. The zero-order valence-corrected chi connectivity index (χ0v) is 7.95. The Morgan fingerprint density at radius 2 is 2.17 bits per heavy atom. The van der Waals surface area contributed by atoms with E-state index in [0.717, 1.165) is 0 Å². The second kappa shape index (κ2) is 2.47. The Morgan fingerprint density at radius 3 is 2.83 bits per heavy atom. The van der Waals surface area contributed by atoms with Crippen molar-refractivity contribution in [2.45, 2.75) is 37.0 Å². The lowest BCUT2D eigenvalue weighted by molar-refractivity contribution is -0.104. The average Bonchev–Trinajstić information content (AvgIpc) is 2.46. The summed E-state index contributed by atoms with van der Waals surface area (Å²) in [5.41, 5.74) is 0. The van der Waals surface area contributed by atoms with Crippen molar-refractivity contribution < 1.29 is 9.84 Å². The van der Waals surface area contributed by atoms with Gasteiger partial charge in [0.15, 0.2) is 0 Å². The second-order valence-corrected chi connectivity index (χ2v) is 4.68. The van der Waals surface area contributed by atoms with Gasteiger partial charge in [0.05, 0.1) is 23.2 Å². The summed E-state index contributed by atoms with van der Waals surface area (Å²) in [6.45, 7) is 3.79. The number of rotatable bonds is 0. The number of alkyl halides is 1. The smallest absolute Gasteiger partial charge is 0.0979 e. The fourth-order valence-electron chi connectivity index (χ4n) is 1.95. The van der Waals surface area contributed by atoms with Gasteiger partial charge in [0, 0.05) is 5.92 Å². The van der Waals surface area contributed by atoms with E-state index in [2.05, 4.69) is 0 Å². The molecule has 1 N–H and O–H groups in total. The summed E-state index contributed by atoms with van der Waals surface area (Å²) in [6, 6.07) is 0. The summed E-state index contributed by atoms with van der Waals surface area (Å²) < 4.78 is 5.59. The molecule has 2 aliphatic heterocycles. The first kappa shape index (κ1) is 8.54. The number of fused-ring (bicyclic) bond motifs is 2. The first-order valence-electron chi connectivity index (χ1n) is 4.24. The number of aliphatic hydroxyl groups excluding tert-OH is 1. The highest BCUT2D eigenvalue weighted by Crippen LogP contribution is 2.42. The van der Waals surface area contributed by atoms with Gasteiger partial charge in [0.1, 0.15) is 0 Å². The molecule has 0 unspecified atom stereocenters. The third-order valence-electron chi connectivity index (χ3n) is 2.93. The van der Waals surface area contributed by atoms with Crippen LogP contribution in [-0.4, -0.2) is 28.3 Å². The lowest BCUT2D eigenvalue weighted by atomic mass is 9.85. The van der Waals surface area contributed by atoms with Gasteiger partial charge >= 0.3 is 0 Å². The van der Waals surface area contributed by atoms with E-state index in [1.165, 1.54) is 0 Å². The van der Waals surface area contributed by atoms with Crippen molar-refractivity contribution in [2.75, 3.05) is 0 Å². The molecule has 1 saturated heterocycles. The molecule has 0 aromatic carbocycles. The van der Waals surface area contributed by atoms with Crippen molar-refractivity contribution in [1.29, 1.82) is 0 Å². The molecule has 0 aliphatic carbocycles. The Labute approximate surface area is 77.2 Å². The van der Waals surface area contributed by atoms with Crippen molar-refractivity contribution in [3.05, 3.63) is 12.2 Å². The minimum absolute atomic E-state index is 0.0526. The molecule has 0 saturated carbocycles. The SMILES string of the molecule is C[C@H]1[C@@H]2C=C[C@@H](O2)[C@](C)(Cl)[C@@H]1O. The summed E-state index contributed by atoms with van der Waals surface area (Å²) in [5.74, 6) is 0.0856. The highest BCUT2D eigenvalue weighted by atomic mass is 35.5. The van der Waals surface area contributed by atoms with Crippen LogP contribution < -0.4 is 0 Å². The molecule has 2 nitrogen and oxygen atoms in total. The molecule has 2 aliphatic rings. The van der Waals surface area contributed by atoms with Crippen LogP contribution in [0.25, 0.3) is 0 Å². The van der Waals surface area contributed by atoms with Crippen molar-refractivity contribution in [3.8, 4) is 0 Å². The van der Waals surface area contributed by atoms with Crippen molar-refractivity contribution >= 4 is 11.6 Å². The minimum Gasteiger partial charge on any atom is -0.391 e. The third kappa shape index (κ3) is 0.951. The summed E-state index contributed by atoms with van der Waals surface area (Å²) >= 11 is 6.18. The third-order valence-corrected chi connectivity index (χ3v) is 3.37. The first-order valence-corrected chi connectivity index (χ1v) is 4.62. The number of aliphatic hydroxyl groups is 1. The maximum absolute atomic E-state index is 9.83. The van der Waals surface area contributed by atoms with Gasteiger partial charge in [-0.2, -0.15) is 0 Å². The van der Waals surface area contributed by atoms with Crippen LogP contribution in [0, 0.1) is 5.92 Å². The molecule has 2 heterocycles.